The number of fused-ring (bicyclic) bond motifs is 3. The molecule has 4 aromatic rings. The van der Waals surface area contributed by atoms with Gasteiger partial charge in [0.05, 0.1) is 27.4 Å². The Morgan fingerprint density at radius 2 is 1.55 bits per heavy atom. The summed E-state index contributed by atoms with van der Waals surface area (Å²) < 4.78 is 0.846. The SMILES string of the molecule is CC1(C)c2ssc(=S)c2-c2ccccc2N1C(=O)c1ccccc1NC(=O)c1ccccc1. The first-order valence-electron chi connectivity index (χ1n) is 10.4. The third kappa shape index (κ3) is 3.62. The summed E-state index contributed by atoms with van der Waals surface area (Å²) in [4.78, 5) is 29.8. The molecule has 7 heteroatoms. The first kappa shape index (κ1) is 21.7. The zero-order chi connectivity index (χ0) is 23.2. The number of anilines is 2. The van der Waals surface area contributed by atoms with E-state index in [0.29, 0.717) is 16.8 Å². The van der Waals surface area contributed by atoms with E-state index in [2.05, 4.69) is 5.32 Å². The van der Waals surface area contributed by atoms with E-state index in [4.69, 9.17) is 12.2 Å². The van der Waals surface area contributed by atoms with Crippen LogP contribution in [0.2, 0.25) is 0 Å². The smallest absolute Gasteiger partial charge is 0.261 e. The molecular formula is C26H20N2O2S3. The van der Waals surface area contributed by atoms with Crippen molar-refractivity contribution in [2.75, 3.05) is 10.2 Å². The van der Waals surface area contributed by atoms with Crippen LogP contribution in [0.15, 0.2) is 78.9 Å². The van der Waals surface area contributed by atoms with Gasteiger partial charge in [0.2, 0.25) is 0 Å². The Bertz CT molecular complexity index is 1440. The molecule has 1 aliphatic rings. The second-order valence-corrected chi connectivity index (χ2v) is 11.1. The Morgan fingerprint density at radius 3 is 2.33 bits per heavy atom. The molecule has 164 valence electrons. The molecule has 0 unspecified atom stereocenters. The van der Waals surface area contributed by atoms with Crippen LogP contribution in [0.4, 0.5) is 11.4 Å². The molecule has 5 rings (SSSR count). The van der Waals surface area contributed by atoms with E-state index in [0.717, 1.165) is 25.5 Å². The molecule has 0 fully saturated rings. The Kier molecular flexibility index (Phi) is 5.48. The highest BCUT2D eigenvalue weighted by atomic mass is 32.9. The molecule has 3 aromatic carbocycles. The number of hydrogen-bond acceptors (Lipinski definition) is 5. The number of para-hydroxylation sites is 2. The Labute approximate surface area is 204 Å². The van der Waals surface area contributed by atoms with E-state index in [1.165, 1.54) is 0 Å². The van der Waals surface area contributed by atoms with Gasteiger partial charge in [-0.3, -0.25) is 14.5 Å². The van der Waals surface area contributed by atoms with Crippen molar-refractivity contribution in [1.82, 2.24) is 0 Å². The third-order valence-electron chi connectivity index (χ3n) is 5.81. The molecule has 1 aliphatic heterocycles. The average molecular weight is 489 g/mol. The van der Waals surface area contributed by atoms with Crippen molar-refractivity contribution < 1.29 is 9.59 Å². The largest absolute Gasteiger partial charge is 0.321 e. The lowest BCUT2D eigenvalue weighted by molar-refractivity contribution is 0.0962. The maximum atomic E-state index is 14.1. The second-order valence-electron chi connectivity index (χ2n) is 8.24. The maximum absolute atomic E-state index is 14.1. The number of nitrogens with one attached hydrogen (secondary N) is 1. The highest BCUT2D eigenvalue weighted by molar-refractivity contribution is 7.80. The van der Waals surface area contributed by atoms with Gasteiger partial charge in [0, 0.05) is 16.7 Å². The third-order valence-corrected chi connectivity index (χ3v) is 9.14. The molecule has 4 nitrogen and oxygen atoms in total. The summed E-state index contributed by atoms with van der Waals surface area (Å²) in [6, 6.07) is 24.0. The molecule has 2 amide bonds. The fourth-order valence-electron chi connectivity index (χ4n) is 4.22. The van der Waals surface area contributed by atoms with E-state index in [1.54, 1.807) is 44.9 Å². The summed E-state index contributed by atoms with van der Waals surface area (Å²) in [6.45, 7) is 4.09. The van der Waals surface area contributed by atoms with Crippen molar-refractivity contribution in [2.24, 2.45) is 0 Å². The van der Waals surface area contributed by atoms with Crippen molar-refractivity contribution in [3.63, 3.8) is 0 Å². The zero-order valence-corrected chi connectivity index (χ0v) is 20.4. The van der Waals surface area contributed by atoms with Crippen LogP contribution in [0.3, 0.4) is 0 Å². The van der Waals surface area contributed by atoms with Gasteiger partial charge in [0.15, 0.2) is 0 Å². The van der Waals surface area contributed by atoms with Crippen LogP contribution in [0.5, 0.6) is 0 Å². The molecule has 0 spiro atoms. The zero-order valence-electron chi connectivity index (χ0n) is 18.0. The normalized spacial score (nSPS) is 13.7. The van der Waals surface area contributed by atoms with Crippen LogP contribution >= 0.6 is 32.9 Å². The van der Waals surface area contributed by atoms with Crippen molar-refractivity contribution in [1.29, 1.82) is 0 Å². The molecule has 0 saturated heterocycles. The van der Waals surface area contributed by atoms with Crippen molar-refractivity contribution in [3.8, 4) is 11.1 Å². The summed E-state index contributed by atoms with van der Waals surface area (Å²) >= 11 is 5.64. The number of carbonyl (C=O) groups excluding carboxylic acids is 2. The van der Waals surface area contributed by atoms with Gasteiger partial charge in [0.1, 0.15) is 3.82 Å². The van der Waals surface area contributed by atoms with Crippen LogP contribution in [0.1, 0.15) is 39.4 Å². The maximum Gasteiger partial charge on any atom is 0.261 e. The molecule has 0 radical (unpaired) electrons. The molecule has 1 N–H and O–H groups in total. The second kappa shape index (κ2) is 8.33. The topological polar surface area (TPSA) is 49.4 Å². The minimum Gasteiger partial charge on any atom is -0.321 e. The van der Waals surface area contributed by atoms with Crippen molar-refractivity contribution >= 4 is 56.1 Å². The summed E-state index contributed by atoms with van der Waals surface area (Å²) in [7, 11) is 3.19. The van der Waals surface area contributed by atoms with Crippen LogP contribution < -0.4 is 10.2 Å². The number of hydrogen-bond donors (Lipinski definition) is 1. The van der Waals surface area contributed by atoms with E-state index >= 15 is 0 Å². The molecule has 0 bridgehead atoms. The highest BCUT2D eigenvalue weighted by Crippen LogP contribution is 2.52. The van der Waals surface area contributed by atoms with Crippen LogP contribution in [-0.4, -0.2) is 11.8 Å². The molecule has 0 atom stereocenters. The standard InChI is InChI=1S/C26H20N2O2S3/c1-26(2)22-21(25(31)33-32-22)18-13-7-9-15-20(18)28(26)24(30)17-12-6-8-14-19(17)27-23(29)16-10-4-3-5-11-16/h3-15H,1-2H3,(H,27,29). The van der Waals surface area contributed by atoms with E-state index < -0.39 is 5.54 Å². The summed E-state index contributed by atoms with van der Waals surface area (Å²) in [6.07, 6.45) is 0. The fourth-order valence-corrected chi connectivity index (χ4v) is 7.51. The van der Waals surface area contributed by atoms with Crippen LogP contribution in [-0.2, 0) is 5.54 Å². The van der Waals surface area contributed by atoms with Crippen LogP contribution in [0.25, 0.3) is 11.1 Å². The van der Waals surface area contributed by atoms with Crippen molar-refractivity contribution in [2.45, 2.75) is 19.4 Å². The van der Waals surface area contributed by atoms with Crippen molar-refractivity contribution in [3.05, 3.63) is 98.7 Å². The van der Waals surface area contributed by atoms with E-state index in [1.807, 2.05) is 73.3 Å². The number of amides is 2. The molecule has 1 aromatic heterocycles. The van der Waals surface area contributed by atoms with Gasteiger partial charge in [0.25, 0.3) is 11.8 Å². The number of benzene rings is 3. The first-order chi connectivity index (χ1) is 15.9. The lowest BCUT2D eigenvalue weighted by atomic mass is 9.87. The number of nitrogens with zero attached hydrogens (tertiary/aromatic N) is 1. The van der Waals surface area contributed by atoms with Gasteiger partial charge < -0.3 is 5.32 Å². The Hall–Kier alpha value is -3.13. The summed E-state index contributed by atoms with van der Waals surface area (Å²) in [5, 5.41) is 2.92. The van der Waals surface area contributed by atoms with Crippen LogP contribution in [0, 0.1) is 3.82 Å². The number of carbonyl (C=O) groups is 2. The van der Waals surface area contributed by atoms with E-state index in [-0.39, 0.29) is 11.8 Å². The van der Waals surface area contributed by atoms with Gasteiger partial charge in [-0.15, -0.1) is 0 Å². The molecule has 0 aliphatic carbocycles. The molecule has 33 heavy (non-hydrogen) atoms. The fraction of sp³-hybridized carbons (Fsp3) is 0.115. The Morgan fingerprint density at radius 1 is 0.879 bits per heavy atom. The summed E-state index contributed by atoms with van der Waals surface area (Å²) in [5.41, 5.74) is 3.69. The van der Waals surface area contributed by atoms with Gasteiger partial charge in [-0.1, -0.05) is 81.4 Å². The molecule has 2 heterocycles. The highest BCUT2D eigenvalue weighted by Gasteiger charge is 2.43. The average Bonchev–Trinajstić information content (AvgIpc) is 3.22. The van der Waals surface area contributed by atoms with Gasteiger partial charge >= 0.3 is 0 Å². The minimum absolute atomic E-state index is 0.175. The minimum atomic E-state index is -0.602. The Balaban J connectivity index is 1.60. The van der Waals surface area contributed by atoms with Gasteiger partial charge in [-0.25, -0.2) is 0 Å². The van der Waals surface area contributed by atoms with Gasteiger partial charge in [-0.05, 0) is 44.2 Å². The predicted octanol–water partition coefficient (Wildman–Crippen LogP) is 7.35. The number of rotatable bonds is 3. The monoisotopic (exact) mass is 488 g/mol. The molecule has 0 saturated carbocycles. The van der Waals surface area contributed by atoms with E-state index in [9.17, 15) is 9.59 Å². The first-order valence-corrected chi connectivity index (χ1v) is 13.0. The summed E-state index contributed by atoms with van der Waals surface area (Å²) in [5.74, 6) is -0.432. The lowest BCUT2D eigenvalue weighted by Crippen LogP contribution is -2.48. The quantitative estimate of drug-likeness (QED) is 0.242. The lowest BCUT2D eigenvalue weighted by Gasteiger charge is -2.43. The van der Waals surface area contributed by atoms with Gasteiger partial charge in [-0.2, -0.15) is 0 Å². The molecular weight excluding hydrogens is 468 g/mol. The predicted molar refractivity (Wildman–Crippen MR) is 139 cm³/mol.